The van der Waals surface area contributed by atoms with Crippen LogP contribution in [0.4, 0.5) is 8.78 Å². The SMILES string of the molecule is CN(CCc1cnn(-c2cc(C(=O)O)ccn2)c1)Cc1ccc(F)cc1.[C-]#[N+]NC(=O)c1ccnc(-n2cc(CCN(C)Cc3ccc(F)cc3)cn2)c1. The monoisotopic (exact) mass is 732 g/mol. The summed E-state index contributed by atoms with van der Waals surface area (Å²) in [6.07, 6.45) is 11.8. The van der Waals surface area contributed by atoms with Gasteiger partial charge in [0.1, 0.15) is 11.6 Å². The average Bonchev–Trinajstić information content (AvgIpc) is 3.86. The van der Waals surface area contributed by atoms with Crippen LogP contribution >= 0.6 is 0 Å². The maximum atomic E-state index is 13.0. The molecule has 6 rings (SSSR count). The molecule has 4 heterocycles. The molecule has 0 bridgehead atoms. The van der Waals surface area contributed by atoms with Crippen molar-refractivity contribution in [1.29, 1.82) is 0 Å². The van der Waals surface area contributed by atoms with Crippen molar-refractivity contribution in [2.45, 2.75) is 25.9 Å². The Morgan fingerprint density at radius 1 is 0.722 bits per heavy atom. The maximum Gasteiger partial charge on any atom is 0.335 e. The summed E-state index contributed by atoms with van der Waals surface area (Å²) in [4.78, 5) is 38.4. The Kier molecular flexibility index (Phi) is 13.4. The van der Waals surface area contributed by atoms with Gasteiger partial charge in [-0.3, -0.25) is 4.79 Å². The highest BCUT2D eigenvalue weighted by atomic mass is 19.1. The van der Waals surface area contributed by atoms with Gasteiger partial charge in [-0.25, -0.2) is 32.9 Å². The standard InChI is InChI=1S/C20H19FN6O.C19H19FN4O2/c1-22-25-20(28)17-7-9-23-19(11-17)27-14-16(12-24-27)8-10-26(2)13-15-3-5-18(21)6-4-15;1-23(12-14-2-4-17(20)5-3-14)9-7-15-11-22-24(13-15)18-10-16(19(25)26)6-8-21-18/h3-7,9,11-12,14H,8,10,13H2,2H3,(H,25,28);2-6,8,10-11,13H,7,9,12H2,1H3,(H,25,26). The summed E-state index contributed by atoms with van der Waals surface area (Å²) in [7, 11) is 4.01. The summed E-state index contributed by atoms with van der Waals surface area (Å²) in [6, 6.07) is 19.0. The van der Waals surface area contributed by atoms with Crippen LogP contribution in [-0.4, -0.2) is 83.5 Å². The van der Waals surface area contributed by atoms with E-state index in [1.165, 1.54) is 48.8 Å². The zero-order valence-electron chi connectivity index (χ0n) is 29.7. The lowest BCUT2D eigenvalue weighted by Gasteiger charge is -2.16. The lowest BCUT2D eigenvalue weighted by atomic mass is 10.2. The molecule has 2 N–H and O–H groups in total. The van der Waals surface area contributed by atoms with E-state index in [9.17, 15) is 18.4 Å². The Bertz CT molecular complexity index is 2200. The van der Waals surface area contributed by atoms with Crippen molar-refractivity contribution in [2.24, 2.45) is 0 Å². The van der Waals surface area contributed by atoms with Gasteiger partial charge in [0.15, 0.2) is 11.6 Å². The lowest BCUT2D eigenvalue weighted by Crippen LogP contribution is -2.20. The van der Waals surface area contributed by atoms with Crippen LogP contribution in [0.3, 0.4) is 0 Å². The summed E-state index contributed by atoms with van der Waals surface area (Å²) >= 11 is 0. The first-order chi connectivity index (χ1) is 26.1. The van der Waals surface area contributed by atoms with Crippen LogP contribution < -0.4 is 5.43 Å². The lowest BCUT2D eigenvalue weighted by molar-refractivity contribution is 0.0696. The summed E-state index contributed by atoms with van der Waals surface area (Å²) in [5.74, 6) is -0.969. The van der Waals surface area contributed by atoms with Gasteiger partial charge in [0.25, 0.3) is 0 Å². The van der Waals surface area contributed by atoms with Crippen LogP contribution in [-0.2, 0) is 25.9 Å². The van der Waals surface area contributed by atoms with Gasteiger partial charge in [0.2, 0.25) is 0 Å². The number of carbonyl (C=O) groups excluding carboxylic acids is 1. The second kappa shape index (κ2) is 18.7. The smallest absolute Gasteiger partial charge is 0.335 e. The number of carboxylic acids is 1. The van der Waals surface area contributed by atoms with Gasteiger partial charge in [0, 0.05) is 51.0 Å². The summed E-state index contributed by atoms with van der Waals surface area (Å²) < 4.78 is 29.1. The Hall–Kier alpha value is -6.63. The minimum Gasteiger partial charge on any atom is -0.478 e. The first-order valence-electron chi connectivity index (χ1n) is 16.8. The number of benzene rings is 2. The number of pyridine rings is 2. The van der Waals surface area contributed by atoms with Crippen LogP contribution in [0.15, 0.2) is 110 Å². The molecule has 4 aromatic heterocycles. The molecule has 15 heteroatoms. The van der Waals surface area contributed by atoms with Gasteiger partial charge < -0.3 is 14.9 Å². The Labute approximate surface area is 310 Å². The average molecular weight is 733 g/mol. The fourth-order valence-corrected chi connectivity index (χ4v) is 5.31. The summed E-state index contributed by atoms with van der Waals surface area (Å²) in [6.45, 7) is 9.79. The molecule has 0 spiro atoms. The largest absolute Gasteiger partial charge is 0.478 e. The number of carboxylic acid groups (broad SMARTS) is 1. The fourth-order valence-electron chi connectivity index (χ4n) is 5.31. The van der Waals surface area contributed by atoms with Crippen molar-refractivity contribution in [1.82, 2.24) is 44.8 Å². The normalized spacial score (nSPS) is 10.8. The zero-order valence-corrected chi connectivity index (χ0v) is 29.7. The molecule has 0 saturated heterocycles. The van der Waals surface area contributed by atoms with Crippen LogP contribution in [0.25, 0.3) is 16.6 Å². The molecule has 276 valence electrons. The van der Waals surface area contributed by atoms with E-state index in [2.05, 4.69) is 40.3 Å². The first-order valence-corrected chi connectivity index (χ1v) is 16.8. The molecule has 0 aliphatic carbocycles. The van der Waals surface area contributed by atoms with E-state index < -0.39 is 11.9 Å². The van der Waals surface area contributed by atoms with E-state index in [0.29, 0.717) is 17.2 Å². The molecule has 54 heavy (non-hydrogen) atoms. The number of nitrogens with one attached hydrogen (secondary N) is 1. The molecule has 13 nitrogen and oxygen atoms in total. The molecule has 2 aromatic carbocycles. The number of rotatable bonds is 14. The van der Waals surface area contributed by atoms with Crippen LogP contribution in [0.2, 0.25) is 0 Å². The number of hydrogen-bond acceptors (Lipinski definition) is 8. The number of aromatic nitrogens is 6. The number of amides is 1. The van der Waals surface area contributed by atoms with Gasteiger partial charge >= 0.3 is 11.9 Å². The number of carbonyl (C=O) groups is 2. The number of nitrogens with zero attached hydrogens (tertiary/aromatic N) is 9. The summed E-state index contributed by atoms with van der Waals surface area (Å²) in [5, 5.41) is 17.6. The van der Waals surface area contributed by atoms with E-state index in [0.717, 1.165) is 61.3 Å². The van der Waals surface area contributed by atoms with Gasteiger partial charge in [-0.15, -0.1) is 0 Å². The number of likely N-dealkylation sites (N-methyl/N-ethyl adjacent to an activating group) is 2. The first kappa shape index (κ1) is 38.6. The topological polar surface area (TPSA) is 139 Å². The highest BCUT2D eigenvalue weighted by Crippen LogP contribution is 2.13. The van der Waals surface area contributed by atoms with Crippen molar-refractivity contribution in [2.75, 3.05) is 27.2 Å². The molecule has 6 aromatic rings. The molecule has 0 fully saturated rings. The predicted octanol–water partition coefficient (Wildman–Crippen LogP) is 5.42. The van der Waals surface area contributed by atoms with Gasteiger partial charge in [0.05, 0.1) is 23.5 Å². The molecule has 0 atom stereocenters. The molecule has 0 unspecified atom stereocenters. The van der Waals surface area contributed by atoms with Crippen molar-refractivity contribution >= 4 is 11.9 Å². The van der Waals surface area contributed by atoms with E-state index in [-0.39, 0.29) is 17.2 Å². The van der Waals surface area contributed by atoms with Gasteiger partial charge in [-0.05, 0) is 103 Å². The Balaban J connectivity index is 0.000000208. The van der Waals surface area contributed by atoms with E-state index >= 15 is 0 Å². The third-order valence-electron chi connectivity index (χ3n) is 8.20. The van der Waals surface area contributed by atoms with Gasteiger partial charge in [-0.1, -0.05) is 24.3 Å². The molecular formula is C39H38F2N10O3. The molecule has 0 radical (unpaired) electrons. The molecule has 0 saturated carbocycles. The fraction of sp³-hybridized carbons (Fsp3) is 0.205. The molecule has 0 aliphatic heterocycles. The van der Waals surface area contributed by atoms with E-state index in [1.807, 2.05) is 26.5 Å². The highest BCUT2D eigenvalue weighted by molar-refractivity contribution is 5.94. The quantitative estimate of drug-likeness (QED) is 0.111. The maximum absolute atomic E-state index is 13.0. The second-order valence-electron chi connectivity index (χ2n) is 12.5. The third kappa shape index (κ3) is 11.4. The second-order valence-corrected chi connectivity index (χ2v) is 12.5. The van der Waals surface area contributed by atoms with Crippen molar-refractivity contribution in [3.8, 4) is 11.6 Å². The van der Waals surface area contributed by atoms with Crippen molar-refractivity contribution < 1.29 is 23.5 Å². The zero-order chi connectivity index (χ0) is 38.5. The minimum absolute atomic E-state index is 0.172. The van der Waals surface area contributed by atoms with Crippen molar-refractivity contribution in [3.05, 3.63) is 167 Å². The third-order valence-corrected chi connectivity index (χ3v) is 8.20. The number of halogens is 2. The van der Waals surface area contributed by atoms with Crippen LogP contribution in [0.1, 0.15) is 43.0 Å². The minimum atomic E-state index is -0.997. The number of hydrogen-bond donors (Lipinski definition) is 2. The predicted molar refractivity (Wildman–Crippen MR) is 197 cm³/mol. The van der Waals surface area contributed by atoms with Crippen LogP contribution in [0, 0.1) is 18.2 Å². The molecule has 1 amide bonds. The van der Waals surface area contributed by atoms with Crippen LogP contribution in [0.5, 0.6) is 0 Å². The highest BCUT2D eigenvalue weighted by Gasteiger charge is 2.12. The van der Waals surface area contributed by atoms with E-state index in [4.69, 9.17) is 11.7 Å². The van der Waals surface area contributed by atoms with Crippen molar-refractivity contribution in [3.63, 3.8) is 0 Å². The Morgan fingerprint density at radius 2 is 1.17 bits per heavy atom. The number of aromatic carboxylic acids is 1. The van der Waals surface area contributed by atoms with E-state index in [1.54, 1.807) is 58.2 Å². The van der Waals surface area contributed by atoms with Gasteiger partial charge in [-0.2, -0.15) is 21.7 Å². The Morgan fingerprint density at radius 3 is 1.61 bits per heavy atom. The summed E-state index contributed by atoms with van der Waals surface area (Å²) in [5.41, 5.74) is 6.75. The molecule has 0 aliphatic rings. The molecular weight excluding hydrogens is 694 g/mol.